The normalized spacial score (nSPS) is 18.7. The highest BCUT2D eigenvalue weighted by atomic mass is 32.2. The highest BCUT2D eigenvalue weighted by Gasteiger charge is 2.29. The summed E-state index contributed by atoms with van der Waals surface area (Å²) in [4.78, 5) is 3.38. The van der Waals surface area contributed by atoms with Gasteiger partial charge in [0, 0.05) is 41.5 Å². The summed E-state index contributed by atoms with van der Waals surface area (Å²) in [6.07, 6.45) is 10.4. The highest BCUT2D eigenvalue weighted by molar-refractivity contribution is 8.03. The van der Waals surface area contributed by atoms with Crippen molar-refractivity contribution in [3.8, 4) is 0 Å². The van der Waals surface area contributed by atoms with Gasteiger partial charge in [-0.25, -0.2) is 16.8 Å². The molecule has 5 rings (SSSR count). The molecule has 0 bridgehead atoms. The zero-order valence-corrected chi connectivity index (χ0v) is 28.2. The quantitative estimate of drug-likeness (QED) is 0.123. The van der Waals surface area contributed by atoms with Crippen LogP contribution in [0.25, 0.3) is 16.3 Å². The minimum atomic E-state index is -4.23. The number of para-hydroxylation sites is 2. The van der Waals surface area contributed by atoms with Crippen LogP contribution in [0.4, 0.5) is 5.69 Å². The number of thioether (sulfide) groups is 1. The van der Waals surface area contributed by atoms with Crippen LogP contribution in [0.15, 0.2) is 81.8 Å². The van der Waals surface area contributed by atoms with E-state index in [1.165, 1.54) is 11.1 Å². The Morgan fingerprint density at radius 2 is 1.57 bits per heavy atom. The fourth-order valence-electron chi connectivity index (χ4n) is 5.89. The summed E-state index contributed by atoms with van der Waals surface area (Å²) < 4.78 is 70.1. The molecule has 0 saturated heterocycles. The summed E-state index contributed by atoms with van der Waals surface area (Å²) in [6, 6.07) is 16.4. The number of unbranched alkanes of at least 4 members (excludes halogenated alkanes) is 2. The second kappa shape index (κ2) is 13.5. The minimum absolute atomic E-state index is 0.0282. The molecule has 0 spiro atoms. The lowest BCUT2D eigenvalue weighted by atomic mass is 9.75. The van der Waals surface area contributed by atoms with Gasteiger partial charge in [0.2, 0.25) is 5.52 Å². The van der Waals surface area contributed by atoms with Crippen LogP contribution in [0, 0.1) is 5.41 Å². The second-order valence-corrected chi connectivity index (χ2v) is 17.3. The third-order valence-corrected chi connectivity index (χ3v) is 11.5. The number of hydrogen-bond donors (Lipinski definition) is 0. The molecular weight excluding hydrogens is 637 g/mol. The number of allylic oxidation sites excluding steroid dienone is 4. The SMILES string of the molecule is CC1(C)CC(/C=C2\Sc3ccccc3N2CCCCS(=O)(=O)[O-])=CC(=C/c2sc3ccccc3[n+]2CCCCS(=O)(=O)[O-])/C1. The second-order valence-electron chi connectivity index (χ2n) is 12.2. The zero-order chi connectivity index (χ0) is 31.5. The molecule has 0 radical (unpaired) electrons. The third-order valence-electron chi connectivity index (χ3n) is 7.68. The fraction of sp³-hybridized carbons (Fsp3) is 0.406. The molecule has 0 fully saturated rings. The van der Waals surface area contributed by atoms with Gasteiger partial charge >= 0.3 is 0 Å². The van der Waals surface area contributed by atoms with Gasteiger partial charge in [-0.2, -0.15) is 4.57 Å². The topological polar surface area (TPSA) is 122 Å². The molecule has 0 unspecified atom stereocenters. The van der Waals surface area contributed by atoms with Gasteiger partial charge in [0.25, 0.3) is 5.01 Å². The van der Waals surface area contributed by atoms with E-state index in [9.17, 15) is 25.9 Å². The Morgan fingerprint density at radius 3 is 2.32 bits per heavy atom. The van der Waals surface area contributed by atoms with E-state index in [0.29, 0.717) is 38.8 Å². The monoisotopic (exact) mass is 673 g/mol. The molecule has 0 N–H and O–H groups in total. The molecule has 2 aliphatic rings. The first-order chi connectivity index (χ1) is 20.8. The smallest absolute Gasteiger partial charge is 0.263 e. The number of hydrogen-bond acceptors (Lipinski definition) is 9. The van der Waals surface area contributed by atoms with Crippen LogP contribution in [-0.2, 0) is 26.8 Å². The molecule has 0 saturated carbocycles. The largest absolute Gasteiger partial charge is 0.748 e. The van der Waals surface area contributed by atoms with Gasteiger partial charge in [0.05, 0.1) is 31.0 Å². The zero-order valence-electron chi connectivity index (χ0n) is 24.9. The van der Waals surface area contributed by atoms with Crippen molar-refractivity contribution >= 4 is 65.3 Å². The molecule has 236 valence electrons. The number of benzene rings is 2. The van der Waals surface area contributed by atoms with Crippen LogP contribution in [0.5, 0.6) is 0 Å². The average Bonchev–Trinajstić information content (AvgIpc) is 3.44. The number of fused-ring (bicyclic) bond motifs is 2. The maximum Gasteiger partial charge on any atom is 0.263 e. The number of anilines is 1. The average molecular weight is 674 g/mol. The Balaban J connectivity index is 1.43. The molecule has 1 aromatic heterocycles. The lowest BCUT2D eigenvalue weighted by Crippen LogP contribution is -2.35. The van der Waals surface area contributed by atoms with E-state index >= 15 is 0 Å². The van der Waals surface area contributed by atoms with Crippen molar-refractivity contribution in [2.45, 2.75) is 63.8 Å². The number of aromatic nitrogens is 1. The summed E-state index contributed by atoms with van der Waals surface area (Å²) in [5.74, 6) is -0.699. The van der Waals surface area contributed by atoms with Crippen molar-refractivity contribution in [1.29, 1.82) is 0 Å². The number of rotatable bonds is 12. The van der Waals surface area contributed by atoms with Gasteiger partial charge in [-0.1, -0.05) is 67.3 Å². The summed E-state index contributed by atoms with van der Waals surface area (Å²) in [5, 5.41) is 2.18. The molecule has 1 aliphatic heterocycles. The van der Waals surface area contributed by atoms with Gasteiger partial charge < -0.3 is 14.0 Å². The van der Waals surface area contributed by atoms with Crippen molar-refractivity contribution in [2.75, 3.05) is 23.0 Å². The van der Waals surface area contributed by atoms with Crippen molar-refractivity contribution in [3.63, 3.8) is 0 Å². The summed E-state index contributed by atoms with van der Waals surface area (Å²) >= 11 is 3.41. The Kier molecular flexibility index (Phi) is 10.1. The Bertz CT molecular complexity index is 1840. The van der Waals surface area contributed by atoms with Gasteiger partial charge in [0.1, 0.15) is 4.70 Å². The standard InChI is InChI=1S/C32H38N2O6S4/c1-32(2)22-24(20-30-33(15-7-9-17-43(35,36)37)26-11-3-5-13-28(26)41-30)19-25(23-32)21-31-34(16-8-10-18-44(38,39)40)27-12-4-6-14-29(27)42-31/h3-6,11-14,19-21H,7-10,15-18,22-23H2,1-2H3,(H-,35,36,37,38,39,40)/p-1. The van der Waals surface area contributed by atoms with Crippen molar-refractivity contribution < 1.29 is 30.5 Å². The van der Waals surface area contributed by atoms with Crippen molar-refractivity contribution in [1.82, 2.24) is 0 Å². The molecule has 1 aliphatic carbocycles. The Morgan fingerprint density at radius 1 is 0.886 bits per heavy atom. The predicted octanol–water partition coefficient (Wildman–Crippen LogP) is 6.42. The van der Waals surface area contributed by atoms with E-state index in [2.05, 4.69) is 65.8 Å². The molecule has 2 heterocycles. The summed E-state index contributed by atoms with van der Waals surface area (Å²) in [6.45, 7) is 5.79. The van der Waals surface area contributed by atoms with E-state index < -0.39 is 20.2 Å². The van der Waals surface area contributed by atoms with Crippen LogP contribution in [-0.4, -0.2) is 44.0 Å². The van der Waals surface area contributed by atoms with E-state index in [1.807, 2.05) is 24.3 Å². The summed E-state index contributed by atoms with van der Waals surface area (Å²) in [5.41, 5.74) is 4.64. The van der Waals surface area contributed by atoms with E-state index in [-0.39, 0.29) is 16.9 Å². The lowest BCUT2D eigenvalue weighted by molar-refractivity contribution is -0.669. The van der Waals surface area contributed by atoms with Crippen LogP contribution in [0.3, 0.4) is 0 Å². The molecule has 8 nitrogen and oxygen atoms in total. The van der Waals surface area contributed by atoms with E-state index in [4.69, 9.17) is 0 Å². The van der Waals surface area contributed by atoms with Gasteiger partial charge in [-0.05, 0) is 72.9 Å². The van der Waals surface area contributed by atoms with Crippen LogP contribution < -0.4 is 9.47 Å². The molecule has 0 amide bonds. The minimum Gasteiger partial charge on any atom is -0.748 e. The summed E-state index contributed by atoms with van der Waals surface area (Å²) in [7, 11) is -8.46. The van der Waals surface area contributed by atoms with Crippen LogP contribution in [0.1, 0.15) is 57.4 Å². The maximum absolute atomic E-state index is 11.1. The van der Waals surface area contributed by atoms with E-state index in [1.54, 1.807) is 23.1 Å². The van der Waals surface area contributed by atoms with Gasteiger partial charge in [-0.3, -0.25) is 0 Å². The molecule has 12 heteroatoms. The number of aryl methyl sites for hydroxylation is 1. The molecule has 2 aromatic carbocycles. The maximum atomic E-state index is 11.1. The van der Waals surface area contributed by atoms with Gasteiger partial charge in [-0.15, -0.1) is 0 Å². The van der Waals surface area contributed by atoms with Crippen molar-refractivity contribution in [3.05, 3.63) is 81.9 Å². The fourth-order valence-corrected chi connectivity index (χ4v) is 9.33. The molecule has 0 atom stereocenters. The Labute approximate surface area is 268 Å². The first-order valence-electron chi connectivity index (χ1n) is 14.7. The molecular formula is C32H37N2O6S4-. The van der Waals surface area contributed by atoms with E-state index in [0.717, 1.165) is 43.7 Å². The van der Waals surface area contributed by atoms with Gasteiger partial charge in [0.15, 0.2) is 6.54 Å². The third kappa shape index (κ3) is 8.82. The number of thiazole rings is 1. The first-order valence-corrected chi connectivity index (χ1v) is 19.5. The predicted molar refractivity (Wildman–Crippen MR) is 176 cm³/mol. The lowest BCUT2D eigenvalue weighted by Gasteiger charge is -2.31. The van der Waals surface area contributed by atoms with Crippen molar-refractivity contribution in [2.24, 2.45) is 5.41 Å². The first kappa shape index (κ1) is 32.9. The molecule has 44 heavy (non-hydrogen) atoms. The highest BCUT2D eigenvalue weighted by Crippen LogP contribution is 2.48. The number of nitrogens with zero attached hydrogens (tertiary/aromatic N) is 2. The molecule has 3 aromatic rings. The van der Waals surface area contributed by atoms with Crippen LogP contribution >= 0.6 is 23.1 Å². The Hall–Kier alpha value is -2.48. The van der Waals surface area contributed by atoms with Crippen LogP contribution in [0.2, 0.25) is 0 Å².